The van der Waals surface area contributed by atoms with E-state index < -0.39 is 17.9 Å². The van der Waals surface area contributed by atoms with Gasteiger partial charge in [0.1, 0.15) is 12.3 Å². The minimum Gasteiger partial charge on any atom is -0.409 e. The number of rotatable bonds is 7. The molecule has 1 aliphatic carbocycles. The molecule has 0 spiro atoms. The first-order chi connectivity index (χ1) is 15.4. The van der Waals surface area contributed by atoms with E-state index in [0.29, 0.717) is 22.8 Å². The number of nitrogens with zero attached hydrogens (tertiary/aromatic N) is 1. The maximum atomic E-state index is 13.3. The van der Waals surface area contributed by atoms with E-state index in [2.05, 4.69) is 28.3 Å². The summed E-state index contributed by atoms with van der Waals surface area (Å²) in [6, 6.07) is 4.32. The van der Waals surface area contributed by atoms with Crippen molar-refractivity contribution in [2.45, 2.75) is 38.6 Å². The Morgan fingerprint density at radius 2 is 2.16 bits per heavy atom. The third-order valence-electron chi connectivity index (χ3n) is 5.54. The fourth-order valence-corrected chi connectivity index (χ4v) is 4.07. The quantitative estimate of drug-likeness (QED) is 0.543. The molecule has 9 heteroatoms. The minimum absolute atomic E-state index is 0.123. The van der Waals surface area contributed by atoms with E-state index in [1.807, 2.05) is 13.0 Å². The van der Waals surface area contributed by atoms with Gasteiger partial charge < -0.3 is 15.5 Å². The highest BCUT2D eigenvalue weighted by molar-refractivity contribution is 6.30. The average Bonchev–Trinajstić information content (AvgIpc) is 2.93. The molecule has 1 fully saturated rings. The van der Waals surface area contributed by atoms with Crippen molar-refractivity contribution in [3.05, 3.63) is 52.6 Å². The monoisotopic (exact) mass is 460 g/mol. The molecule has 1 aromatic rings. The van der Waals surface area contributed by atoms with Crippen LogP contribution in [0.15, 0.2) is 42.0 Å². The highest BCUT2D eigenvalue weighted by Crippen LogP contribution is 2.26. The van der Waals surface area contributed by atoms with E-state index in [-0.39, 0.29) is 31.5 Å². The number of hydrogen-bond acceptors (Lipinski definition) is 5. The zero-order valence-corrected chi connectivity index (χ0v) is 19.1. The molecular weight excluding hydrogens is 432 g/mol. The van der Waals surface area contributed by atoms with Gasteiger partial charge in [0.25, 0.3) is 0 Å². The van der Waals surface area contributed by atoms with Gasteiger partial charge in [-0.3, -0.25) is 14.5 Å². The topological polar surface area (TPSA) is 99.8 Å². The van der Waals surface area contributed by atoms with Crippen LogP contribution in [0.3, 0.4) is 0 Å². The lowest BCUT2D eigenvalue weighted by atomic mass is 9.97. The fourth-order valence-electron chi connectivity index (χ4n) is 3.88. The van der Waals surface area contributed by atoms with Crippen molar-refractivity contribution in [3.63, 3.8) is 0 Å². The Bertz CT molecular complexity index is 931. The minimum atomic E-state index is -0.640. The van der Waals surface area contributed by atoms with Crippen LogP contribution in [0.25, 0.3) is 0 Å². The standard InChI is InChI=1S/C23H29ClN4O4/c1-3-19(15-7-5-4-6-8-15)27-23(31)28-14-21(29)26-13-17(22(28)30)11-16-12-18(24)9-10-20(16)32-25-2/h5,7-10,12,17,19,25H,3-4,6,11,13-14H2,1-2H3,(H,26,29)(H,27,31). The zero-order chi connectivity index (χ0) is 23.1. The lowest BCUT2D eigenvalue weighted by Crippen LogP contribution is -2.50. The van der Waals surface area contributed by atoms with E-state index >= 15 is 0 Å². The summed E-state index contributed by atoms with van der Waals surface area (Å²) in [5.41, 5.74) is 4.33. The molecular formula is C23H29ClN4O4. The Balaban J connectivity index is 1.78. The van der Waals surface area contributed by atoms with Gasteiger partial charge in [-0.2, -0.15) is 5.48 Å². The number of hydroxylamine groups is 1. The van der Waals surface area contributed by atoms with Crippen LogP contribution in [0.5, 0.6) is 5.75 Å². The van der Waals surface area contributed by atoms with Crippen molar-refractivity contribution in [3.8, 4) is 5.75 Å². The number of imide groups is 1. The van der Waals surface area contributed by atoms with Crippen molar-refractivity contribution >= 4 is 29.4 Å². The SMILES string of the molecule is CCC(NC(=O)N1CC(=O)NCC(Cc2cc(Cl)ccc2ONC)C1=O)C1=CCCC=C1. The fraction of sp³-hybridized carbons (Fsp3) is 0.435. The summed E-state index contributed by atoms with van der Waals surface area (Å²) in [5, 5.41) is 6.16. The Morgan fingerprint density at radius 1 is 1.34 bits per heavy atom. The molecule has 4 amide bonds. The van der Waals surface area contributed by atoms with E-state index in [9.17, 15) is 14.4 Å². The molecule has 0 radical (unpaired) electrons. The predicted octanol–water partition coefficient (Wildman–Crippen LogP) is 2.73. The summed E-state index contributed by atoms with van der Waals surface area (Å²) in [6.07, 6.45) is 8.99. The third-order valence-corrected chi connectivity index (χ3v) is 5.78. The molecule has 172 valence electrons. The van der Waals surface area contributed by atoms with E-state index in [1.165, 1.54) is 0 Å². The molecule has 32 heavy (non-hydrogen) atoms. The third kappa shape index (κ3) is 5.89. The molecule has 2 atom stereocenters. The Labute approximate surface area is 193 Å². The van der Waals surface area contributed by atoms with Crippen molar-refractivity contribution in [2.24, 2.45) is 5.92 Å². The Hall–Kier alpha value is -2.84. The zero-order valence-electron chi connectivity index (χ0n) is 18.3. The molecule has 1 saturated heterocycles. The van der Waals surface area contributed by atoms with Crippen molar-refractivity contribution in [2.75, 3.05) is 20.1 Å². The first-order valence-electron chi connectivity index (χ1n) is 10.8. The van der Waals surface area contributed by atoms with Crippen LogP contribution in [-0.2, 0) is 16.0 Å². The summed E-state index contributed by atoms with van der Waals surface area (Å²) in [4.78, 5) is 45.0. The van der Waals surface area contributed by atoms with Crippen LogP contribution >= 0.6 is 11.6 Å². The van der Waals surface area contributed by atoms with E-state index in [1.54, 1.807) is 25.2 Å². The van der Waals surface area contributed by atoms with Crippen LogP contribution in [0.4, 0.5) is 4.79 Å². The lowest BCUT2D eigenvalue weighted by molar-refractivity contribution is -0.133. The van der Waals surface area contributed by atoms with Gasteiger partial charge in [-0.25, -0.2) is 4.79 Å². The molecule has 0 bridgehead atoms. The number of hydrogen-bond donors (Lipinski definition) is 3. The van der Waals surface area contributed by atoms with Crippen LogP contribution in [0, 0.1) is 5.92 Å². The number of halogens is 1. The largest absolute Gasteiger partial charge is 0.409 e. The number of carbonyl (C=O) groups is 3. The second kappa shape index (κ2) is 11.2. The van der Waals surface area contributed by atoms with Gasteiger partial charge in [-0.05, 0) is 55.0 Å². The van der Waals surface area contributed by atoms with Crippen molar-refractivity contribution in [1.82, 2.24) is 21.0 Å². The van der Waals surface area contributed by atoms with E-state index in [4.69, 9.17) is 16.4 Å². The average molecular weight is 461 g/mol. The molecule has 1 aromatic carbocycles. The number of urea groups is 1. The number of benzene rings is 1. The molecule has 1 heterocycles. The molecule has 2 aliphatic rings. The summed E-state index contributed by atoms with van der Waals surface area (Å²) in [7, 11) is 1.63. The molecule has 0 saturated carbocycles. The predicted molar refractivity (Wildman–Crippen MR) is 122 cm³/mol. The van der Waals surface area contributed by atoms with Crippen LogP contribution in [0.1, 0.15) is 31.7 Å². The number of amides is 4. The van der Waals surface area contributed by atoms with E-state index in [0.717, 1.165) is 23.3 Å². The van der Waals surface area contributed by atoms with Gasteiger partial charge >= 0.3 is 6.03 Å². The van der Waals surface area contributed by atoms with Gasteiger partial charge in [-0.1, -0.05) is 36.8 Å². The van der Waals surface area contributed by atoms with Crippen LogP contribution < -0.4 is 21.0 Å². The highest BCUT2D eigenvalue weighted by Gasteiger charge is 2.35. The summed E-state index contributed by atoms with van der Waals surface area (Å²) in [5.74, 6) is -0.907. The smallest absolute Gasteiger partial charge is 0.325 e. The second-order valence-corrected chi connectivity index (χ2v) is 8.22. The first kappa shape index (κ1) is 23.8. The van der Waals surface area contributed by atoms with Crippen molar-refractivity contribution in [1.29, 1.82) is 0 Å². The van der Waals surface area contributed by atoms with Gasteiger partial charge in [0.05, 0.1) is 12.0 Å². The van der Waals surface area contributed by atoms with Crippen LogP contribution in [-0.4, -0.2) is 48.9 Å². The molecule has 3 N–H and O–H groups in total. The lowest BCUT2D eigenvalue weighted by Gasteiger charge is -2.26. The normalized spacial score (nSPS) is 19.7. The Kier molecular flexibility index (Phi) is 8.30. The maximum absolute atomic E-state index is 13.3. The number of allylic oxidation sites excluding steroid dienone is 2. The molecule has 1 aliphatic heterocycles. The highest BCUT2D eigenvalue weighted by atomic mass is 35.5. The summed E-state index contributed by atoms with van der Waals surface area (Å²) >= 11 is 6.14. The molecule has 0 aromatic heterocycles. The number of carbonyl (C=O) groups excluding carboxylic acids is 3. The molecule has 2 unspecified atom stereocenters. The second-order valence-electron chi connectivity index (χ2n) is 7.78. The van der Waals surface area contributed by atoms with Crippen LogP contribution in [0.2, 0.25) is 5.02 Å². The summed E-state index contributed by atoms with van der Waals surface area (Å²) < 4.78 is 0. The van der Waals surface area contributed by atoms with Gasteiger partial charge in [0.15, 0.2) is 0 Å². The van der Waals surface area contributed by atoms with Gasteiger partial charge in [0.2, 0.25) is 11.8 Å². The van der Waals surface area contributed by atoms with Crippen molar-refractivity contribution < 1.29 is 19.2 Å². The maximum Gasteiger partial charge on any atom is 0.325 e. The van der Waals surface area contributed by atoms with Gasteiger partial charge in [-0.15, -0.1) is 0 Å². The molecule has 3 rings (SSSR count). The first-order valence-corrected chi connectivity index (χ1v) is 11.2. The summed E-state index contributed by atoms with van der Waals surface area (Å²) in [6.45, 7) is 1.77. The van der Waals surface area contributed by atoms with Gasteiger partial charge in [0, 0.05) is 18.6 Å². The Morgan fingerprint density at radius 3 is 2.84 bits per heavy atom. The number of nitrogens with one attached hydrogen (secondary N) is 3. The molecule has 8 nitrogen and oxygen atoms in total.